The van der Waals surface area contributed by atoms with Gasteiger partial charge in [-0.3, -0.25) is 9.69 Å². The molecule has 0 aromatic heterocycles. The molecular weight excluding hydrogens is 316 g/mol. The van der Waals surface area contributed by atoms with E-state index in [0.29, 0.717) is 26.3 Å². The molecule has 1 aliphatic heterocycles. The molecule has 0 atom stereocenters. The summed E-state index contributed by atoms with van der Waals surface area (Å²) in [5, 5.41) is 2.99. The van der Waals surface area contributed by atoms with Crippen LogP contribution in [0.5, 0.6) is 11.5 Å². The van der Waals surface area contributed by atoms with Crippen molar-refractivity contribution in [1.82, 2.24) is 4.90 Å². The molecule has 5 heteroatoms. The Labute approximate surface area is 148 Å². The molecule has 0 fully saturated rings. The fourth-order valence-electron chi connectivity index (χ4n) is 2.86. The van der Waals surface area contributed by atoms with Crippen molar-refractivity contribution in [2.45, 2.75) is 20.4 Å². The number of likely N-dealkylation sites (N-methyl/N-ethyl adjacent to an activating group) is 1. The van der Waals surface area contributed by atoms with E-state index in [0.717, 1.165) is 33.9 Å². The van der Waals surface area contributed by atoms with Gasteiger partial charge in [0.15, 0.2) is 11.5 Å². The average molecular weight is 340 g/mol. The number of nitrogens with one attached hydrogen (secondary N) is 1. The summed E-state index contributed by atoms with van der Waals surface area (Å²) in [5.74, 6) is 1.54. The third kappa shape index (κ3) is 4.51. The number of benzene rings is 2. The topological polar surface area (TPSA) is 50.8 Å². The lowest BCUT2D eigenvalue weighted by Gasteiger charge is -2.21. The molecule has 2 aromatic carbocycles. The Balaban J connectivity index is 1.57. The summed E-state index contributed by atoms with van der Waals surface area (Å²) in [5.41, 5.74) is 4.16. The monoisotopic (exact) mass is 340 g/mol. The highest BCUT2D eigenvalue weighted by Crippen LogP contribution is 2.31. The van der Waals surface area contributed by atoms with Gasteiger partial charge in [-0.25, -0.2) is 0 Å². The van der Waals surface area contributed by atoms with Crippen LogP contribution in [-0.4, -0.2) is 37.6 Å². The van der Waals surface area contributed by atoms with Crippen LogP contribution in [0.15, 0.2) is 36.4 Å². The van der Waals surface area contributed by atoms with E-state index in [2.05, 4.69) is 5.32 Å². The first-order valence-electron chi connectivity index (χ1n) is 8.45. The maximum Gasteiger partial charge on any atom is 0.238 e. The minimum atomic E-state index is -0.0197. The normalized spacial score (nSPS) is 13.0. The van der Waals surface area contributed by atoms with E-state index >= 15 is 0 Å². The third-order valence-electron chi connectivity index (χ3n) is 4.14. The first-order chi connectivity index (χ1) is 12.0. The maximum atomic E-state index is 12.3. The van der Waals surface area contributed by atoms with E-state index in [-0.39, 0.29) is 5.91 Å². The zero-order valence-electron chi connectivity index (χ0n) is 15.0. The van der Waals surface area contributed by atoms with Gasteiger partial charge in [-0.2, -0.15) is 0 Å². The molecule has 0 bridgehead atoms. The van der Waals surface area contributed by atoms with Crippen molar-refractivity contribution in [3.05, 3.63) is 53.1 Å². The van der Waals surface area contributed by atoms with E-state index in [1.807, 2.05) is 62.2 Å². The molecule has 0 unspecified atom stereocenters. The number of hydrogen-bond donors (Lipinski definition) is 1. The molecule has 0 radical (unpaired) electrons. The predicted octanol–water partition coefficient (Wildman–Crippen LogP) is 3.15. The number of aryl methyl sites for hydroxylation is 2. The summed E-state index contributed by atoms with van der Waals surface area (Å²) in [6.07, 6.45) is 0. The van der Waals surface area contributed by atoms with Gasteiger partial charge in [0, 0.05) is 12.2 Å². The van der Waals surface area contributed by atoms with Crippen LogP contribution in [0.3, 0.4) is 0 Å². The largest absolute Gasteiger partial charge is 0.486 e. The number of carbonyl (C=O) groups excluding carboxylic acids is 1. The minimum absolute atomic E-state index is 0.0197. The van der Waals surface area contributed by atoms with Crippen LogP contribution in [0.1, 0.15) is 16.7 Å². The molecule has 0 spiro atoms. The number of carbonyl (C=O) groups is 1. The Bertz CT molecular complexity index is 774. The second-order valence-electron chi connectivity index (χ2n) is 6.52. The van der Waals surface area contributed by atoms with Crippen molar-refractivity contribution in [1.29, 1.82) is 0 Å². The molecule has 1 amide bonds. The highest BCUT2D eigenvalue weighted by Gasteiger charge is 2.14. The van der Waals surface area contributed by atoms with E-state index in [1.54, 1.807) is 0 Å². The number of rotatable bonds is 5. The molecule has 5 nitrogen and oxygen atoms in total. The van der Waals surface area contributed by atoms with Gasteiger partial charge in [0.25, 0.3) is 0 Å². The number of fused-ring (bicyclic) bond motifs is 1. The van der Waals surface area contributed by atoms with Gasteiger partial charge in [-0.1, -0.05) is 18.2 Å². The summed E-state index contributed by atoms with van der Waals surface area (Å²) in [7, 11) is 1.93. The highest BCUT2D eigenvalue weighted by atomic mass is 16.6. The first-order valence-corrected chi connectivity index (χ1v) is 8.45. The highest BCUT2D eigenvalue weighted by molar-refractivity contribution is 5.93. The molecule has 1 aliphatic rings. The molecule has 1 heterocycles. The van der Waals surface area contributed by atoms with E-state index in [4.69, 9.17) is 9.47 Å². The van der Waals surface area contributed by atoms with E-state index in [1.165, 1.54) is 0 Å². The van der Waals surface area contributed by atoms with Gasteiger partial charge in [-0.05, 0) is 55.8 Å². The van der Waals surface area contributed by atoms with Gasteiger partial charge in [0.1, 0.15) is 13.2 Å². The molecule has 25 heavy (non-hydrogen) atoms. The molecule has 0 saturated carbocycles. The fourth-order valence-corrected chi connectivity index (χ4v) is 2.86. The zero-order valence-corrected chi connectivity index (χ0v) is 15.0. The van der Waals surface area contributed by atoms with Crippen molar-refractivity contribution in [2.75, 3.05) is 32.1 Å². The summed E-state index contributed by atoms with van der Waals surface area (Å²) in [6.45, 7) is 6.16. The molecule has 0 saturated heterocycles. The quantitative estimate of drug-likeness (QED) is 0.908. The molecule has 2 aromatic rings. The summed E-state index contributed by atoms with van der Waals surface area (Å²) in [6, 6.07) is 12.0. The van der Waals surface area contributed by atoms with Crippen molar-refractivity contribution < 1.29 is 14.3 Å². The Morgan fingerprint density at radius 2 is 1.84 bits per heavy atom. The number of ether oxygens (including phenoxy) is 2. The molecule has 1 N–H and O–H groups in total. The maximum absolute atomic E-state index is 12.3. The van der Waals surface area contributed by atoms with Gasteiger partial charge >= 0.3 is 0 Å². The Kier molecular flexibility index (Phi) is 5.24. The van der Waals surface area contributed by atoms with Crippen molar-refractivity contribution in [2.24, 2.45) is 0 Å². The van der Waals surface area contributed by atoms with Gasteiger partial charge in [-0.15, -0.1) is 0 Å². The standard InChI is InChI=1S/C20H24N2O3/c1-14-4-5-15(2)17(10-14)21-20(23)13-22(3)12-16-6-7-18-19(11-16)25-9-8-24-18/h4-7,10-11H,8-9,12-13H2,1-3H3,(H,21,23). The van der Waals surface area contributed by atoms with Crippen LogP contribution in [0, 0.1) is 13.8 Å². The fraction of sp³-hybridized carbons (Fsp3) is 0.350. The summed E-state index contributed by atoms with van der Waals surface area (Å²) in [4.78, 5) is 14.3. The molecule has 0 aliphatic carbocycles. The average Bonchev–Trinajstić information content (AvgIpc) is 2.58. The zero-order chi connectivity index (χ0) is 17.8. The third-order valence-corrected chi connectivity index (χ3v) is 4.14. The lowest BCUT2D eigenvalue weighted by molar-refractivity contribution is -0.117. The lowest BCUT2D eigenvalue weighted by Crippen LogP contribution is -2.30. The van der Waals surface area contributed by atoms with Crippen LogP contribution in [0.4, 0.5) is 5.69 Å². The van der Waals surface area contributed by atoms with E-state index in [9.17, 15) is 4.79 Å². The van der Waals surface area contributed by atoms with E-state index < -0.39 is 0 Å². The summed E-state index contributed by atoms with van der Waals surface area (Å²) >= 11 is 0. The van der Waals surface area contributed by atoms with Crippen molar-refractivity contribution in [3.8, 4) is 11.5 Å². The Morgan fingerprint density at radius 1 is 1.08 bits per heavy atom. The second kappa shape index (κ2) is 7.57. The van der Waals surface area contributed by atoms with Crippen LogP contribution in [0.25, 0.3) is 0 Å². The SMILES string of the molecule is Cc1ccc(C)c(NC(=O)CN(C)Cc2ccc3c(c2)OCCO3)c1. The molecule has 132 valence electrons. The lowest BCUT2D eigenvalue weighted by atomic mass is 10.1. The van der Waals surface area contributed by atoms with Crippen molar-refractivity contribution in [3.63, 3.8) is 0 Å². The van der Waals surface area contributed by atoms with Gasteiger partial charge in [0.2, 0.25) is 5.91 Å². The number of anilines is 1. The molecule has 3 rings (SSSR count). The molecular formula is C20H24N2O3. The van der Waals surface area contributed by atoms with Crippen LogP contribution >= 0.6 is 0 Å². The number of amides is 1. The van der Waals surface area contributed by atoms with Crippen molar-refractivity contribution >= 4 is 11.6 Å². The number of hydrogen-bond acceptors (Lipinski definition) is 4. The first kappa shape index (κ1) is 17.3. The minimum Gasteiger partial charge on any atom is -0.486 e. The second-order valence-corrected chi connectivity index (χ2v) is 6.52. The predicted molar refractivity (Wildman–Crippen MR) is 98.3 cm³/mol. The van der Waals surface area contributed by atoms with Crippen LogP contribution in [0.2, 0.25) is 0 Å². The van der Waals surface area contributed by atoms with Crippen LogP contribution in [-0.2, 0) is 11.3 Å². The van der Waals surface area contributed by atoms with Crippen LogP contribution < -0.4 is 14.8 Å². The Morgan fingerprint density at radius 3 is 2.64 bits per heavy atom. The van der Waals surface area contributed by atoms with Gasteiger partial charge in [0.05, 0.1) is 6.54 Å². The summed E-state index contributed by atoms with van der Waals surface area (Å²) < 4.78 is 11.1. The Hall–Kier alpha value is -2.53. The number of nitrogens with zero attached hydrogens (tertiary/aromatic N) is 1. The van der Waals surface area contributed by atoms with Gasteiger partial charge < -0.3 is 14.8 Å². The smallest absolute Gasteiger partial charge is 0.238 e.